The van der Waals surface area contributed by atoms with E-state index < -0.39 is 0 Å². The summed E-state index contributed by atoms with van der Waals surface area (Å²) >= 11 is 0. The first-order valence-electron chi connectivity index (χ1n) is 9.59. The van der Waals surface area contributed by atoms with Crippen molar-refractivity contribution in [3.8, 4) is 11.5 Å². The first-order chi connectivity index (χ1) is 13.4. The van der Waals surface area contributed by atoms with E-state index in [-0.39, 0.29) is 30.3 Å². The topological polar surface area (TPSA) is 70.7 Å². The first kappa shape index (κ1) is 19.9. The molecule has 1 saturated heterocycles. The van der Waals surface area contributed by atoms with Gasteiger partial charge in [-0.05, 0) is 37.1 Å². The van der Waals surface area contributed by atoms with E-state index >= 15 is 0 Å². The van der Waals surface area contributed by atoms with Gasteiger partial charge in [0.05, 0.1) is 18.3 Å². The van der Waals surface area contributed by atoms with Crippen molar-refractivity contribution in [2.45, 2.75) is 26.8 Å². The Labute approximate surface area is 165 Å². The SMILES string of the molecule is Cc1ccc(Oc2ccccc2NC(=O)CN2CCNC(=O)C2C(C)C)cc1. The molecule has 0 saturated carbocycles. The van der Waals surface area contributed by atoms with Crippen molar-refractivity contribution in [3.05, 3.63) is 54.1 Å². The van der Waals surface area contributed by atoms with E-state index in [0.29, 0.717) is 30.3 Å². The van der Waals surface area contributed by atoms with Gasteiger partial charge in [-0.15, -0.1) is 0 Å². The number of nitrogens with zero attached hydrogens (tertiary/aromatic N) is 1. The third kappa shape index (κ3) is 4.89. The molecule has 0 bridgehead atoms. The van der Waals surface area contributed by atoms with Crippen LogP contribution in [-0.2, 0) is 9.59 Å². The average Bonchev–Trinajstić information content (AvgIpc) is 2.65. The normalized spacial score (nSPS) is 17.3. The quantitative estimate of drug-likeness (QED) is 0.806. The number of aryl methyl sites for hydroxylation is 1. The molecule has 1 atom stereocenters. The number of carbonyl (C=O) groups excluding carboxylic acids is 2. The van der Waals surface area contributed by atoms with E-state index in [2.05, 4.69) is 10.6 Å². The molecule has 0 aliphatic carbocycles. The second-order valence-corrected chi connectivity index (χ2v) is 7.41. The fraction of sp³-hybridized carbons (Fsp3) is 0.364. The van der Waals surface area contributed by atoms with Crippen LogP contribution >= 0.6 is 0 Å². The standard InChI is InChI=1S/C22H27N3O3/c1-15(2)21-22(27)23-12-13-25(21)14-20(26)24-18-6-4-5-7-19(18)28-17-10-8-16(3)9-11-17/h4-11,15,21H,12-14H2,1-3H3,(H,23,27)(H,24,26). The molecule has 1 heterocycles. The summed E-state index contributed by atoms with van der Waals surface area (Å²) in [5.41, 5.74) is 1.76. The lowest BCUT2D eigenvalue weighted by molar-refractivity contribution is -0.132. The first-order valence-corrected chi connectivity index (χ1v) is 9.59. The van der Waals surface area contributed by atoms with Gasteiger partial charge in [0.1, 0.15) is 5.75 Å². The number of hydrogen-bond donors (Lipinski definition) is 2. The van der Waals surface area contributed by atoms with E-state index in [1.807, 2.05) is 74.2 Å². The van der Waals surface area contributed by atoms with Crippen LogP contribution in [0, 0.1) is 12.8 Å². The molecule has 3 rings (SSSR count). The Bertz CT molecular complexity index is 833. The number of carbonyl (C=O) groups is 2. The van der Waals surface area contributed by atoms with Gasteiger partial charge in [-0.1, -0.05) is 43.7 Å². The molecule has 0 aromatic heterocycles. The fourth-order valence-corrected chi connectivity index (χ4v) is 3.40. The summed E-state index contributed by atoms with van der Waals surface area (Å²) in [7, 11) is 0. The molecule has 0 spiro atoms. The van der Waals surface area contributed by atoms with Crippen LogP contribution in [-0.4, -0.2) is 42.4 Å². The Kier molecular flexibility index (Phi) is 6.31. The van der Waals surface area contributed by atoms with Gasteiger partial charge in [0.25, 0.3) is 0 Å². The van der Waals surface area contributed by atoms with Crippen molar-refractivity contribution in [2.24, 2.45) is 5.92 Å². The summed E-state index contributed by atoms with van der Waals surface area (Å²) in [4.78, 5) is 26.8. The summed E-state index contributed by atoms with van der Waals surface area (Å²) in [5, 5.41) is 5.80. The second kappa shape index (κ2) is 8.89. The predicted molar refractivity (Wildman–Crippen MR) is 110 cm³/mol. The third-order valence-electron chi connectivity index (χ3n) is 4.75. The van der Waals surface area contributed by atoms with Crippen molar-refractivity contribution in [3.63, 3.8) is 0 Å². The Balaban J connectivity index is 1.68. The number of ether oxygens (including phenoxy) is 1. The number of piperazine rings is 1. The van der Waals surface area contributed by atoms with E-state index in [9.17, 15) is 9.59 Å². The molecule has 1 aliphatic heterocycles. The molecule has 1 fully saturated rings. The largest absolute Gasteiger partial charge is 0.455 e. The molecule has 6 heteroatoms. The van der Waals surface area contributed by atoms with Crippen molar-refractivity contribution in [2.75, 3.05) is 25.0 Å². The lowest BCUT2D eigenvalue weighted by atomic mass is 9.99. The number of nitrogens with one attached hydrogen (secondary N) is 2. The van der Waals surface area contributed by atoms with Crippen LogP contribution in [0.5, 0.6) is 11.5 Å². The van der Waals surface area contributed by atoms with Crippen LogP contribution in [0.3, 0.4) is 0 Å². The maximum Gasteiger partial charge on any atom is 0.238 e. The van der Waals surface area contributed by atoms with Gasteiger partial charge in [0, 0.05) is 13.1 Å². The molecule has 1 aliphatic rings. The Morgan fingerprint density at radius 2 is 1.93 bits per heavy atom. The lowest BCUT2D eigenvalue weighted by Crippen LogP contribution is -2.58. The van der Waals surface area contributed by atoms with Gasteiger partial charge in [-0.2, -0.15) is 0 Å². The zero-order valence-electron chi connectivity index (χ0n) is 16.6. The summed E-state index contributed by atoms with van der Waals surface area (Å²) in [6, 6.07) is 14.8. The number of anilines is 1. The average molecular weight is 381 g/mol. The molecular weight excluding hydrogens is 354 g/mol. The van der Waals surface area contributed by atoms with Crippen LogP contribution in [0.4, 0.5) is 5.69 Å². The van der Waals surface area contributed by atoms with Crippen LogP contribution in [0.25, 0.3) is 0 Å². The summed E-state index contributed by atoms with van der Waals surface area (Å²) in [5.74, 6) is 1.24. The number of rotatable bonds is 6. The van der Waals surface area contributed by atoms with Gasteiger partial charge in [-0.25, -0.2) is 0 Å². The minimum atomic E-state index is -0.293. The molecule has 28 heavy (non-hydrogen) atoms. The Morgan fingerprint density at radius 3 is 2.64 bits per heavy atom. The fourth-order valence-electron chi connectivity index (χ4n) is 3.40. The van der Waals surface area contributed by atoms with Gasteiger partial charge < -0.3 is 15.4 Å². The maximum absolute atomic E-state index is 12.7. The van der Waals surface area contributed by atoms with Crippen molar-refractivity contribution < 1.29 is 14.3 Å². The van der Waals surface area contributed by atoms with Gasteiger partial charge in [0.15, 0.2) is 5.75 Å². The Morgan fingerprint density at radius 1 is 1.21 bits per heavy atom. The van der Waals surface area contributed by atoms with Crippen LogP contribution in [0.15, 0.2) is 48.5 Å². The molecule has 2 aromatic rings. The van der Waals surface area contributed by atoms with E-state index in [4.69, 9.17) is 4.74 Å². The molecule has 2 amide bonds. The maximum atomic E-state index is 12.7. The summed E-state index contributed by atoms with van der Waals surface area (Å²) in [6.45, 7) is 7.38. The highest BCUT2D eigenvalue weighted by Crippen LogP contribution is 2.29. The zero-order valence-corrected chi connectivity index (χ0v) is 16.6. The van der Waals surface area contributed by atoms with Gasteiger partial charge in [-0.3, -0.25) is 14.5 Å². The molecule has 148 valence electrons. The summed E-state index contributed by atoms with van der Waals surface area (Å²) in [6.07, 6.45) is 0. The molecule has 0 radical (unpaired) electrons. The van der Waals surface area contributed by atoms with Gasteiger partial charge in [0.2, 0.25) is 11.8 Å². The smallest absolute Gasteiger partial charge is 0.238 e. The Hall–Kier alpha value is -2.86. The van der Waals surface area contributed by atoms with E-state index in [1.54, 1.807) is 0 Å². The monoisotopic (exact) mass is 381 g/mol. The van der Waals surface area contributed by atoms with Crippen molar-refractivity contribution in [1.29, 1.82) is 0 Å². The summed E-state index contributed by atoms with van der Waals surface area (Å²) < 4.78 is 5.94. The van der Waals surface area contributed by atoms with Crippen LogP contribution in [0.2, 0.25) is 0 Å². The third-order valence-corrected chi connectivity index (χ3v) is 4.75. The van der Waals surface area contributed by atoms with Crippen LogP contribution < -0.4 is 15.4 Å². The number of amides is 2. The van der Waals surface area contributed by atoms with E-state index in [1.165, 1.54) is 0 Å². The van der Waals surface area contributed by atoms with Crippen molar-refractivity contribution >= 4 is 17.5 Å². The second-order valence-electron chi connectivity index (χ2n) is 7.41. The van der Waals surface area contributed by atoms with Gasteiger partial charge >= 0.3 is 0 Å². The molecule has 2 N–H and O–H groups in total. The molecular formula is C22H27N3O3. The highest BCUT2D eigenvalue weighted by Gasteiger charge is 2.33. The highest BCUT2D eigenvalue weighted by atomic mass is 16.5. The lowest BCUT2D eigenvalue weighted by Gasteiger charge is -2.36. The van der Waals surface area contributed by atoms with Crippen LogP contribution in [0.1, 0.15) is 19.4 Å². The highest BCUT2D eigenvalue weighted by molar-refractivity contribution is 5.94. The predicted octanol–water partition coefficient (Wildman–Crippen LogP) is 3.18. The van der Waals surface area contributed by atoms with Crippen molar-refractivity contribution in [1.82, 2.24) is 10.2 Å². The molecule has 1 unspecified atom stereocenters. The number of hydrogen-bond acceptors (Lipinski definition) is 4. The molecule has 2 aromatic carbocycles. The minimum Gasteiger partial charge on any atom is -0.455 e. The number of para-hydroxylation sites is 2. The zero-order chi connectivity index (χ0) is 20.1. The van der Waals surface area contributed by atoms with E-state index in [0.717, 1.165) is 5.56 Å². The molecule has 6 nitrogen and oxygen atoms in total. The number of benzene rings is 2. The minimum absolute atomic E-state index is 0.0165.